The van der Waals surface area contributed by atoms with Crippen molar-refractivity contribution in [1.29, 1.82) is 0 Å². The highest BCUT2D eigenvalue weighted by atomic mass is 79.9. The predicted molar refractivity (Wildman–Crippen MR) is 125 cm³/mol. The normalized spacial score (nSPS) is 10.6. The number of benzene rings is 3. The maximum Gasteiger partial charge on any atom is 0.191 e. The fourth-order valence-electron chi connectivity index (χ4n) is 2.53. The summed E-state index contributed by atoms with van der Waals surface area (Å²) < 4.78 is 12.5. The molecular formula is C22H20BrN3O2S. The number of thiocarbonyl (C=S) groups is 1. The molecule has 0 unspecified atom stereocenters. The van der Waals surface area contributed by atoms with Gasteiger partial charge in [0.2, 0.25) is 0 Å². The molecule has 0 saturated carbocycles. The SMILES string of the molecule is COc1cccc(/C=N/NC(=S)Nc2ccccc2)c1OCc1ccc(Br)cc1. The van der Waals surface area contributed by atoms with Crippen molar-refractivity contribution in [2.24, 2.45) is 5.10 Å². The van der Waals surface area contributed by atoms with Crippen molar-refractivity contribution < 1.29 is 9.47 Å². The van der Waals surface area contributed by atoms with Gasteiger partial charge in [0.25, 0.3) is 0 Å². The molecule has 0 spiro atoms. The summed E-state index contributed by atoms with van der Waals surface area (Å²) in [6.07, 6.45) is 1.65. The summed E-state index contributed by atoms with van der Waals surface area (Å²) >= 11 is 8.70. The van der Waals surface area contributed by atoms with E-state index in [-0.39, 0.29) is 0 Å². The molecule has 7 heteroatoms. The lowest BCUT2D eigenvalue weighted by molar-refractivity contribution is 0.284. The van der Waals surface area contributed by atoms with Gasteiger partial charge in [-0.25, -0.2) is 0 Å². The summed E-state index contributed by atoms with van der Waals surface area (Å²) in [4.78, 5) is 0. The Balaban J connectivity index is 1.67. The van der Waals surface area contributed by atoms with E-state index in [2.05, 4.69) is 31.8 Å². The molecule has 0 heterocycles. The van der Waals surface area contributed by atoms with E-state index in [0.29, 0.717) is 23.2 Å². The van der Waals surface area contributed by atoms with Crippen LogP contribution in [0.4, 0.5) is 5.69 Å². The number of para-hydroxylation sites is 2. The summed E-state index contributed by atoms with van der Waals surface area (Å²) in [5.74, 6) is 1.25. The minimum Gasteiger partial charge on any atom is -0.493 e. The molecule has 0 aliphatic heterocycles. The van der Waals surface area contributed by atoms with Crippen LogP contribution in [-0.2, 0) is 6.61 Å². The van der Waals surface area contributed by atoms with E-state index >= 15 is 0 Å². The zero-order valence-corrected chi connectivity index (χ0v) is 18.2. The van der Waals surface area contributed by atoms with Crippen LogP contribution in [0.3, 0.4) is 0 Å². The van der Waals surface area contributed by atoms with Gasteiger partial charge >= 0.3 is 0 Å². The van der Waals surface area contributed by atoms with Crippen LogP contribution in [0.25, 0.3) is 0 Å². The first kappa shape index (κ1) is 20.8. The first-order valence-electron chi connectivity index (χ1n) is 8.85. The van der Waals surface area contributed by atoms with Crippen LogP contribution >= 0.6 is 28.1 Å². The molecule has 0 aliphatic carbocycles. The molecule has 3 aromatic rings. The highest BCUT2D eigenvalue weighted by Crippen LogP contribution is 2.31. The molecule has 0 radical (unpaired) electrons. The number of rotatable bonds is 7. The van der Waals surface area contributed by atoms with Crippen LogP contribution in [0.15, 0.2) is 82.4 Å². The number of nitrogens with zero attached hydrogens (tertiary/aromatic N) is 1. The third kappa shape index (κ3) is 6.30. The molecule has 5 nitrogen and oxygen atoms in total. The van der Waals surface area contributed by atoms with Gasteiger partial charge in [-0.1, -0.05) is 52.3 Å². The van der Waals surface area contributed by atoms with E-state index in [1.165, 1.54) is 0 Å². The van der Waals surface area contributed by atoms with Crippen molar-refractivity contribution in [3.05, 3.63) is 88.4 Å². The molecule has 3 aromatic carbocycles. The molecule has 2 N–H and O–H groups in total. The van der Waals surface area contributed by atoms with Gasteiger partial charge in [0.1, 0.15) is 6.61 Å². The van der Waals surface area contributed by atoms with Crippen LogP contribution in [0.5, 0.6) is 11.5 Å². The van der Waals surface area contributed by atoms with E-state index in [1.54, 1.807) is 13.3 Å². The van der Waals surface area contributed by atoms with Gasteiger partial charge < -0.3 is 14.8 Å². The Labute approximate surface area is 183 Å². The Kier molecular flexibility index (Phi) is 7.61. The number of ether oxygens (including phenoxy) is 2. The van der Waals surface area contributed by atoms with Crippen LogP contribution in [0, 0.1) is 0 Å². The van der Waals surface area contributed by atoms with Gasteiger partial charge in [0, 0.05) is 15.7 Å². The van der Waals surface area contributed by atoms with Gasteiger partial charge in [-0.05, 0) is 54.2 Å². The van der Waals surface area contributed by atoms with Crippen LogP contribution in [-0.4, -0.2) is 18.4 Å². The summed E-state index contributed by atoms with van der Waals surface area (Å²) in [7, 11) is 1.61. The number of anilines is 1. The monoisotopic (exact) mass is 469 g/mol. The van der Waals surface area contributed by atoms with Gasteiger partial charge in [-0.3, -0.25) is 5.43 Å². The fourth-order valence-corrected chi connectivity index (χ4v) is 2.96. The number of hydrazone groups is 1. The molecular weight excluding hydrogens is 450 g/mol. The van der Waals surface area contributed by atoms with Crippen molar-refractivity contribution in [3.63, 3.8) is 0 Å². The van der Waals surface area contributed by atoms with Crippen molar-refractivity contribution in [3.8, 4) is 11.5 Å². The maximum absolute atomic E-state index is 6.03. The molecule has 0 fully saturated rings. The second kappa shape index (κ2) is 10.6. The highest BCUT2D eigenvalue weighted by Gasteiger charge is 2.10. The Morgan fingerprint density at radius 3 is 2.52 bits per heavy atom. The number of hydrogen-bond acceptors (Lipinski definition) is 4. The topological polar surface area (TPSA) is 54.9 Å². The lowest BCUT2D eigenvalue weighted by Crippen LogP contribution is -2.23. The smallest absolute Gasteiger partial charge is 0.191 e. The Hall–Kier alpha value is -2.90. The average Bonchev–Trinajstić information content (AvgIpc) is 2.74. The minimum absolute atomic E-state index is 0.396. The lowest BCUT2D eigenvalue weighted by Gasteiger charge is -2.13. The first-order valence-corrected chi connectivity index (χ1v) is 10.0. The third-order valence-electron chi connectivity index (χ3n) is 3.93. The number of hydrogen-bond donors (Lipinski definition) is 2. The Morgan fingerprint density at radius 1 is 1.03 bits per heavy atom. The van der Waals surface area contributed by atoms with E-state index < -0.39 is 0 Å². The van der Waals surface area contributed by atoms with Crippen molar-refractivity contribution in [1.82, 2.24) is 5.43 Å². The quantitative estimate of drug-likeness (QED) is 0.277. The van der Waals surface area contributed by atoms with Crippen LogP contribution < -0.4 is 20.2 Å². The van der Waals surface area contributed by atoms with Crippen LogP contribution in [0.1, 0.15) is 11.1 Å². The molecule has 0 amide bonds. The molecule has 0 aliphatic rings. The minimum atomic E-state index is 0.396. The van der Waals surface area contributed by atoms with E-state index in [1.807, 2.05) is 72.8 Å². The summed E-state index contributed by atoms with van der Waals surface area (Å²) in [5.41, 5.74) is 5.53. The lowest BCUT2D eigenvalue weighted by atomic mass is 10.2. The van der Waals surface area contributed by atoms with E-state index in [0.717, 1.165) is 21.3 Å². The Bertz CT molecular complexity index is 979. The van der Waals surface area contributed by atoms with Crippen molar-refractivity contribution in [2.75, 3.05) is 12.4 Å². The highest BCUT2D eigenvalue weighted by molar-refractivity contribution is 9.10. The van der Waals surface area contributed by atoms with Gasteiger partial charge in [-0.15, -0.1) is 0 Å². The molecule has 3 rings (SSSR count). The zero-order valence-electron chi connectivity index (χ0n) is 15.8. The van der Waals surface area contributed by atoms with Gasteiger partial charge in [0.15, 0.2) is 16.6 Å². The standard InChI is InChI=1S/C22H20BrN3O2S/c1-27-20-9-5-6-17(21(20)28-15-16-10-12-18(23)13-11-16)14-24-26-22(29)25-19-7-3-2-4-8-19/h2-14H,15H2,1H3,(H2,25,26,29)/b24-14+. The Morgan fingerprint density at radius 2 is 1.79 bits per heavy atom. The second-order valence-corrected chi connectivity index (χ2v) is 7.31. The maximum atomic E-state index is 6.03. The van der Waals surface area contributed by atoms with Crippen molar-refractivity contribution in [2.45, 2.75) is 6.61 Å². The third-order valence-corrected chi connectivity index (χ3v) is 4.65. The first-order chi connectivity index (χ1) is 14.2. The molecule has 148 valence electrons. The fraction of sp³-hybridized carbons (Fsp3) is 0.0909. The predicted octanol–water partition coefficient (Wildman–Crippen LogP) is 5.36. The molecule has 0 bridgehead atoms. The number of nitrogens with one attached hydrogen (secondary N) is 2. The molecule has 0 aromatic heterocycles. The van der Waals surface area contributed by atoms with Gasteiger partial charge in [0.05, 0.1) is 13.3 Å². The molecule has 0 saturated heterocycles. The molecule has 29 heavy (non-hydrogen) atoms. The van der Waals surface area contributed by atoms with Crippen LogP contribution in [0.2, 0.25) is 0 Å². The number of methoxy groups -OCH3 is 1. The average molecular weight is 470 g/mol. The second-order valence-electron chi connectivity index (χ2n) is 5.98. The summed E-state index contributed by atoms with van der Waals surface area (Å²) in [6.45, 7) is 0.413. The molecule has 0 atom stereocenters. The van der Waals surface area contributed by atoms with Crippen molar-refractivity contribution >= 4 is 45.2 Å². The van der Waals surface area contributed by atoms with E-state index in [4.69, 9.17) is 21.7 Å². The summed E-state index contributed by atoms with van der Waals surface area (Å²) in [6, 6.07) is 23.3. The van der Waals surface area contributed by atoms with Gasteiger partial charge in [-0.2, -0.15) is 5.10 Å². The summed E-state index contributed by atoms with van der Waals surface area (Å²) in [5, 5.41) is 7.68. The zero-order chi connectivity index (χ0) is 20.5. The number of halogens is 1. The largest absolute Gasteiger partial charge is 0.493 e. The van der Waals surface area contributed by atoms with E-state index in [9.17, 15) is 0 Å².